The number of rotatable bonds is 8. The van der Waals surface area contributed by atoms with Gasteiger partial charge in [0.2, 0.25) is 0 Å². The van der Waals surface area contributed by atoms with Crippen molar-refractivity contribution in [2.45, 2.75) is 6.54 Å². The zero-order valence-electron chi connectivity index (χ0n) is 17.5. The number of para-hydroxylation sites is 2. The maximum atomic E-state index is 13.0. The van der Waals surface area contributed by atoms with Gasteiger partial charge in [-0.2, -0.15) is 0 Å². The molecular formula is C23H23N3O5. The lowest BCUT2D eigenvalue weighted by Crippen LogP contribution is -2.20. The van der Waals surface area contributed by atoms with E-state index in [4.69, 9.17) is 9.47 Å². The second-order valence-corrected chi connectivity index (χ2v) is 6.79. The van der Waals surface area contributed by atoms with Crippen LogP contribution in [0.5, 0.6) is 11.5 Å². The van der Waals surface area contributed by atoms with E-state index in [1.54, 1.807) is 12.1 Å². The van der Waals surface area contributed by atoms with Gasteiger partial charge in [-0.1, -0.05) is 42.5 Å². The van der Waals surface area contributed by atoms with Gasteiger partial charge in [0.05, 0.1) is 36.6 Å². The highest BCUT2D eigenvalue weighted by Crippen LogP contribution is 2.35. The van der Waals surface area contributed by atoms with Crippen molar-refractivity contribution in [3.63, 3.8) is 0 Å². The SMILES string of the molecule is COc1cc(C(=O)Nc2ccccc2N(C)Cc2ccccc2)c([N+](=O)[O-])cc1OC. The van der Waals surface area contributed by atoms with Crippen LogP contribution in [-0.4, -0.2) is 32.1 Å². The Morgan fingerprint density at radius 3 is 2.26 bits per heavy atom. The Bertz CT molecular complexity index is 1090. The van der Waals surface area contributed by atoms with E-state index in [1.807, 2.05) is 54.4 Å². The van der Waals surface area contributed by atoms with E-state index in [2.05, 4.69) is 5.32 Å². The topological polar surface area (TPSA) is 93.9 Å². The number of carbonyl (C=O) groups is 1. The molecule has 3 aromatic rings. The van der Waals surface area contributed by atoms with Crippen LogP contribution in [0, 0.1) is 10.1 Å². The first-order valence-electron chi connectivity index (χ1n) is 9.50. The molecule has 160 valence electrons. The molecule has 0 atom stereocenters. The maximum Gasteiger partial charge on any atom is 0.286 e. The van der Waals surface area contributed by atoms with Crippen LogP contribution in [0.4, 0.5) is 17.1 Å². The monoisotopic (exact) mass is 421 g/mol. The third kappa shape index (κ3) is 4.92. The fraction of sp³-hybridized carbons (Fsp3) is 0.174. The lowest BCUT2D eigenvalue weighted by molar-refractivity contribution is -0.385. The van der Waals surface area contributed by atoms with E-state index >= 15 is 0 Å². The molecule has 0 radical (unpaired) electrons. The first-order valence-corrected chi connectivity index (χ1v) is 9.50. The summed E-state index contributed by atoms with van der Waals surface area (Å²) in [5.41, 5.74) is 1.94. The molecule has 3 aromatic carbocycles. The summed E-state index contributed by atoms with van der Waals surface area (Å²) < 4.78 is 10.3. The lowest BCUT2D eigenvalue weighted by atomic mass is 10.1. The first-order chi connectivity index (χ1) is 14.9. The Labute approximate surface area is 180 Å². The van der Waals surface area contributed by atoms with Gasteiger partial charge in [0.25, 0.3) is 11.6 Å². The summed E-state index contributed by atoms with van der Waals surface area (Å²) in [5, 5.41) is 14.3. The van der Waals surface area contributed by atoms with E-state index < -0.39 is 10.8 Å². The Balaban J connectivity index is 1.92. The van der Waals surface area contributed by atoms with E-state index in [0.717, 1.165) is 11.3 Å². The fourth-order valence-electron chi connectivity index (χ4n) is 3.25. The zero-order valence-corrected chi connectivity index (χ0v) is 17.5. The van der Waals surface area contributed by atoms with E-state index in [1.165, 1.54) is 26.4 Å². The Hall–Kier alpha value is -4.07. The molecule has 31 heavy (non-hydrogen) atoms. The molecule has 8 heteroatoms. The van der Waals surface area contributed by atoms with Gasteiger partial charge in [-0.3, -0.25) is 14.9 Å². The molecule has 0 fully saturated rings. The molecule has 1 N–H and O–H groups in total. The van der Waals surface area contributed by atoms with Gasteiger partial charge < -0.3 is 19.7 Å². The fourth-order valence-corrected chi connectivity index (χ4v) is 3.25. The van der Waals surface area contributed by atoms with E-state index in [9.17, 15) is 14.9 Å². The summed E-state index contributed by atoms with van der Waals surface area (Å²) in [6.45, 7) is 0.629. The lowest BCUT2D eigenvalue weighted by Gasteiger charge is -2.23. The van der Waals surface area contributed by atoms with Gasteiger partial charge >= 0.3 is 0 Å². The minimum Gasteiger partial charge on any atom is -0.493 e. The summed E-state index contributed by atoms with van der Waals surface area (Å²) >= 11 is 0. The molecule has 3 rings (SSSR count). The second kappa shape index (κ2) is 9.62. The molecule has 0 saturated heterocycles. The molecule has 1 amide bonds. The third-order valence-corrected chi connectivity index (χ3v) is 4.77. The van der Waals surface area contributed by atoms with Crippen LogP contribution < -0.4 is 19.7 Å². The number of anilines is 2. The minimum absolute atomic E-state index is 0.122. The number of methoxy groups -OCH3 is 2. The molecular weight excluding hydrogens is 398 g/mol. The molecule has 0 bridgehead atoms. The predicted molar refractivity (Wildman–Crippen MR) is 119 cm³/mol. The molecule has 0 unspecified atom stereocenters. The van der Waals surface area contributed by atoms with Crippen molar-refractivity contribution < 1.29 is 19.2 Å². The molecule has 0 heterocycles. The number of amides is 1. The summed E-state index contributed by atoms with van der Waals surface area (Å²) in [4.78, 5) is 25.9. The van der Waals surface area contributed by atoms with Gasteiger partial charge in [0, 0.05) is 19.7 Å². The minimum atomic E-state index is -0.621. The average molecular weight is 421 g/mol. The number of hydrogen-bond donors (Lipinski definition) is 1. The highest BCUT2D eigenvalue weighted by molar-refractivity contribution is 6.09. The summed E-state index contributed by atoms with van der Waals surface area (Å²) in [6.07, 6.45) is 0. The van der Waals surface area contributed by atoms with E-state index in [0.29, 0.717) is 12.2 Å². The van der Waals surface area contributed by atoms with Crippen LogP contribution >= 0.6 is 0 Å². The summed E-state index contributed by atoms with van der Waals surface area (Å²) in [6, 6.07) is 19.7. The maximum absolute atomic E-state index is 13.0. The van der Waals surface area contributed by atoms with Crippen LogP contribution in [0.15, 0.2) is 66.7 Å². The molecule has 0 aliphatic carbocycles. The molecule has 0 saturated carbocycles. The van der Waals surface area contributed by atoms with Gasteiger partial charge in [0.1, 0.15) is 5.56 Å². The van der Waals surface area contributed by atoms with Crippen molar-refractivity contribution in [3.05, 3.63) is 88.0 Å². The van der Waals surface area contributed by atoms with Crippen molar-refractivity contribution in [2.24, 2.45) is 0 Å². The number of ether oxygens (including phenoxy) is 2. The largest absolute Gasteiger partial charge is 0.493 e. The summed E-state index contributed by atoms with van der Waals surface area (Å²) in [7, 11) is 4.69. The highest BCUT2D eigenvalue weighted by atomic mass is 16.6. The van der Waals surface area contributed by atoms with Crippen molar-refractivity contribution in [1.29, 1.82) is 0 Å². The number of benzene rings is 3. The number of nitro groups is 1. The number of carbonyl (C=O) groups excluding carboxylic acids is 1. The number of nitrogens with zero attached hydrogens (tertiary/aromatic N) is 2. The molecule has 0 aromatic heterocycles. The summed E-state index contributed by atoms with van der Waals surface area (Å²) in [5.74, 6) is -0.213. The quantitative estimate of drug-likeness (QED) is 0.425. The van der Waals surface area contributed by atoms with Crippen LogP contribution in [-0.2, 0) is 6.54 Å². The van der Waals surface area contributed by atoms with Gasteiger partial charge in [0.15, 0.2) is 11.5 Å². The molecule has 8 nitrogen and oxygen atoms in total. The highest BCUT2D eigenvalue weighted by Gasteiger charge is 2.25. The zero-order chi connectivity index (χ0) is 22.4. The number of nitrogens with one attached hydrogen (secondary N) is 1. The van der Waals surface area contributed by atoms with Crippen LogP contribution in [0.25, 0.3) is 0 Å². The smallest absolute Gasteiger partial charge is 0.286 e. The Morgan fingerprint density at radius 2 is 1.61 bits per heavy atom. The van der Waals surface area contributed by atoms with Crippen molar-refractivity contribution >= 4 is 23.0 Å². The second-order valence-electron chi connectivity index (χ2n) is 6.79. The normalized spacial score (nSPS) is 10.3. The van der Waals surface area contributed by atoms with Crippen LogP contribution in [0.1, 0.15) is 15.9 Å². The van der Waals surface area contributed by atoms with Gasteiger partial charge in [-0.15, -0.1) is 0 Å². The standard InChI is InChI=1S/C23H23N3O5/c1-25(15-16-9-5-4-6-10-16)19-12-8-7-11-18(19)24-23(27)17-13-21(30-2)22(31-3)14-20(17)26(28)29/h4-14H,15H2,1-3H3,(H,24,27). The molecule has 0 aliphatic heterocycles. The third-order valence-electron chi connectivity index (χ3n) is 4.77. The van der Waals surface area contributed by atoms with Gasteiger partial charge in [-0.05, 0) is 17.7 Å². The van der Waals surface area contributed by atoms with Crippen molar-refractivity contribution in [3.8, 4) is 11.5 Å². The van der Waals surface area contributed by atoms with Crippen molar-refractivity contribution in [2.75, 3.05) is 31.5 Å². The number of nitro benzene ring substituents is 1. The van der Waals surface area contributed by atoms with Crippen LogP contribution in [0.2, 0.25) is 0 Å². The van der Waals surface area contributed by atoms with E-state index in [-0.39, 0.29) is 22.7 Å². The first kappa shape index (κ1) is 21.6. The molecule has 0 aliphatic rings. The predicted octanol–water partition coefficient (Wildman–Crippen LogP) is 4.50. The molecule has 0 spiro atoms. The van der Waals surface area contributed by atoms with Gasteiger partial charge in [-0.25, -0.2) is 0 Å². The Kier molecular flexibility index (Phi) is 6.71. The van der Waals surface area contributed by atoms with Crippen molar-refractivity contribution in [1.82, 2.24) is 0 Å². The average Bonchev–Trinajstić information content (AvgIpc) is 2.78. The van der Waals surface area contributed by atoms with Crippen LogP contribution in [0.3, 0.4) is 0 Å². The number of hydrogen-bond acceptors (Lipinski definition) is 6. The Morgan fingerprint density at radius 1 is 1.00 bits per heavy atom.